The molecule has 0 aliphatic carbocycles. The van der Waals surface area contributed by atoms with Gasteiger partial charge < -0.3 is 5.11 Å². The molecule has 1 unspecified atom stereocenters. The molecule has 0 radical (unpaired) electrons. The molecule has 0 saturated carbocycles. The minimum Gasteiger partial charge on any atom is -0.389 e. The fourth-order valence-corrected chi connectivity index (χ4v) is 2.99. The average Bonchev–Trinajstić information content (AvgIpc) is 2.34. The lowest BCUT2D eigenvalue weighted by molar-refractivity contribution is 0.199. The van der Waals surface area contributed by atoms with Crippen LogP contribution in [0.2, 0.25) is 5.02 Å². The zero-order chi connectivity index (χ0) is 13.1. The van der Waals surface area contributed by atoms with E-state index < -0.39 is 6.10 Å². The minimum atomic E-state index is -0.511. The summed E-state index contributed by atoms with van der Waals surface area (Å²) < 4.78 is 0.936. The molecular weight excluding hydrogens is 334 g/mol. The van der Waals surface area contributed by atoms with Gasteiger partial charge >= 0.3 is 0 Å². The van der Waals surface area contributed by atoms with E-state index in [0.717, 1.165) is 20.0 Å². The maximum Gasteiger partial charge on any atom is 0.115 e. The van der Waals surface area contributed by atoms with Crippen molar-refractivity contribution in [1.29, 1.82) is 0 Å². The van der Waals surface area contributed by atoms with Crippen LogP contribution in [0.3, 0.4) is 0 Å². The fourth-order valence-electron chi connectivity index (χ4n) is 1.41. The highest BCUT2D eigenvalue weighted by atomic mass is 79.9. The summed E-state index contributed by atoms with van der Waals surface area (Å²) in [5.41, 5.74) is 0.810. The van der Waals surface area contributed by atoms with Crippen molar-refractivity contribution in [2.24, 2.45) is 0 Å². The van der Waals surface area contributed by atoms with Crippen molar-refractivity contribution < 1.29 is 5.11 Å². The quantitative estimate of drug-likeness (QED) is 0.876. The molecule has 0 saturated heterocycles. The molecule has 0 amide bonds. The van der Waals surface area contributed by atoms with Gasteiger partial charge in [0.2, 0.25) is 0 Å². The predicted octanol–water partition coefficient (Wildman–Crippen LogP) is 4.70. The molecular formula is C13H11BrClNOS. The van der Waals surface area contributed by atoms with Crippen LogP contribution < -0.4 is 0 Å². The van der Waals surface area contributed by atoms with Crippen LogP contribution in [0.5, 0.6) is 0 Å². The summed E-state index contributed by atoms with van der Waals surface area (Å²) in [6.07, 6.45) is 1.23. The monoisotopic (exact) mass is 343 g/mol. The second-order valence-electron chi connectivity index (χ2n) is 3.76. The number of aliphatic hydroxyl groups excluding tert-OH is 1. The molecule has 1 aromatic carbocycles. The van der Waals surface area contributed by atoms with Crippen LogP contribution in [-0.2, 0) is 0 Å². The van der Waals surface area contributed by atoms with Gasteiger partial charge in [-0.05, 0) is 52.7 Å². The lowest BCUT2D eigenvalue weighted by Gasteiger charge is -2.09. The van der Waals surface area contributed by atoms with E-state index >= 15 is 0 Å². The van der Waals surface area contributed by atoms with Crippen molar-refractivity contribution in [2.75, 3.05) is 0 Å². The number of rotatable bonds is 3. The molecule has 18 heavy (non-hydrogen) atoms. The Morgan fingerprint density at radius 2 is 2.17 bits per heavy atom. The topological polar surface area (TPSA) is 33.1 Å². The molecule has 0 aliphatic heterocycles. The largest absolute Gasteiger partial charge is 0.389 e. The Labute approximate surface area is 124 Å². The SMILES string of the molecule is CC(O)c1ccc(Sc2ncccc2Br)c(Cl)c1. The molecule has 1 heterocycles. The maximum atomic E-state index is 9.49. The summed E-state index contributed by atoms with van der Waals surface area (Å²) in [4.78, 5) is 5.20. The standard InChI is InChI=1S/C13H11BrClNOS/c1-8(17)9-4-5-12(11(15)7-9)18-13-10(14)3-2-6-16-13/h2-8,17H,1H3. The lowest BCUT2D eigenvalue weighted by atomic mass is 10.1. The number of nitrogens with zero attached hydrogens (tertiary/aromatic N) is 1. The fraction of sp³-hybridized carbons (Fsp3) is 0.154. The summed E-state index contributed by atoms with van der Waals surface area (Å²) in [6.45, 7) is 1.72. The number of benzene rings is 1. The molecule has 2 nitrogen and oxygen atoms in total. The third-order valence-electron chi connectivity index (χ3n) is 2.37. The first kappa shape index (κ1) is 13.9. The first-order chi connectivity index (χ1) is 8.58. The molecule has 2 rings (SSSR count). The van der Waals surface area contributed by atoms with Crippen LogP contribution in [0.15, 0.2) is 50.9 Å². The Bertz CT molecular complexity index is 562. The Kier molecular flexibility index (Phi) is 4.67. The molecule has 1 aromatic heterocycles. The molecule has 0 fully saturated rings. The minimum absolute atomic E-state index is 0.511. The van der Waals surface area contributed by atoms with Crippen LogP contribution in [-0.4, -0.2) is 10.1 Å². The summed E-state index contributed by atoms with van der Waals surface area (Å²) in [5, 5.41) is 11.0. The Balaban J connectivity index is 2.28. The Morgan fingerprint density at radius 1 is 1.39 bits per heavy atom. The maximum absolute atomic E-state index is 9.49. The summed E-state index contributed by atoms with van der Waals surface area (Å²) in [6, 6.07) is 9.36. The zero-order valence-electron chi connectivity index (χ0n) is 9.60. The van der Waals surface area contributed by atoms with Crippen LogP contribution in [0.4, 0.5) is 0 Å². The molecule has 94 valence electrons. The van der Waals surface area contributed by atoms with Gasteiger partial charge in [0, 0.05) is 11.1 Å². The average molecular weight is 345 g/mol. The van der Waals surface area contributed by atoms with Gasteiger partial charge in [-0.25, -0.2) is 4.98 Å². The first-order valence-electron chi connectivity index (χ1n) is 5.34. The predicted molar refractivity (Wildman–Crippen MR) is 78.1 cm³/mol. The highest BCUT2D eigenvalue weighted by molar-refractivity contribution is 9.10. The Hall–Kier alpha value is -0.550. The molecule has 0 spiro atoms. The highest BCUT2D eigenvalue weighted by Gasteiger charge is 2.09. The number of hydrogen-bond donors (Lipinski definition) is 1. The molecule has 5 heteroatoms. The zero-order valence-corrected chi connectivity index (χ0v) is 12.8. The first-order valence-corrected chi connectivity index (χ1v) is 7.32. The van der Waals surface area contributed by atoms with Crippen molar-refractivity contribution in [3.8, 4) is 0 Å². The molecule has 0 aliphatic rings. The number of hydrogen-bond acceptors (Lipinski definition) is 3. The van der Waals surface area contributed by atoms with Crippen molar-refractivity contribution in [1.82, 2.24) is 4.98 Å². The van der Waals surface area contributed by atoms with Crippen molar-refractivity contribution in [2.45, 2.75) is 22.9 Å². The van der Waals surface area contributed by atoms with E-state index in [9.17, 15) is 5.11 Å². The van der Waals surface area contributed by atoms with Gasteiger partial charge in [0.05, 0.1) is 15.6 Å². The van der Waals surface area contributed by atoms with Gasteiger partial charge in [-0.15, -0.1) is 0 Å². The van der Waals surface area contributed by atoms with E-state index in [4.69, 9.17) is 11.6 Å². The second-order valence-corrected chi connectivity index (χ2v) is 6.05. The number of pyridine rings is 1. The van der Waals surface area contributed by atoms with E-state index in [2.05, 4.69) is 20.9 Å². The summed E-state index contributed by atoms with van der Waals surface area (Å²) >= 11 is 11.1. The van der Waals surface area contributed by atoms with E-state index in [-0.39, 0.29) is 0 Å². The van der Waals surface area contributed by atoms with E-state index in [1.54, 1.807) is 19.2 Å². The number of halogens is 2. The Morgan fingerprint density at radius 3 is 2.78 bits per heavy atom. The van der Waals surface area contributed by atoms with E-state index in [1.165, 1.54) is 11.8 Å². The number of aromatic nitrogens is 1. The van der Waals surface area contributed by atoms with Crippen molar-refractivity contribution in [3.05, 3.63) is 51.6 Å². The summed E-state index contributed by atoms with van der Waals surface area (Å²) in [5.74, 6) is 0. The third kappa shape index (κ3) is 3.26. The number of aliphatic hydroxyl groups is 1. The van der Waals surface area contributed by atoms with Crippen LogP contribution in [0, 0.1) is 0 Å². The van der Waals surface area contributed by atoms with Crippen molar-refractivity contribution >= 4 is 39.3 Å². The van der Waals surface area contributed by atoms with Crippen LogP contribution in [0.1, 0.15) is 18.6 Å². The van der Waals surface area contributed by atoms with Gasteiger partial charge in [-0.2, -0.15) is 0 Å². The molecule has 1 atom stereocenters. The second kappa shape index (κ2) is 6.06. The van der Waals surface area contributed by atoms with Gasteiger partial charge in [0.15, 0.2) is 0 Å². The third-order valence-corrected chi connectivity index (χ3v) is 4.79. The van der Waals surface area contributed by atoms with E-state index in [1.807, 2.05) is 24.3 Å². The van der Waals surface area contributed by atoms with Gasteiger partial charge in [0.1, 0.15) is 5.03 Å². The smallest absolute Gasteiger partial charge is 0.115 e. The molecule has 2 aromatic rings. The van der Waals surface area contributed by atoms with Gasteiger partial charge in [-0.1, -0.05) is 29.4 Å². The molecule has 1 N–H and O–H groups in total. The van der Waals surface area contributed by atoms with E-state index in [0.29, 0.717) is 5.02 Å². The van der Waals surface area contributed by atoms with Crippen molar-refractivity contribution in [3.63, 3.8) is 0 Å². The highest BCUT2D eigenvalue weighted by Crippen LogP contribution is 2.36. The summed E-state index contributed by atoms with van der Waals surface area (Å²) in [7, 11) is 0. The van der Waals surface area contributed by atoms with Crippen LogP contribution >= 0.6 is 39.3 Å². The normalized spacial score (nSPS) is 12.4. The lowest BCUT2D eigenvalue weighted by Crippen LogP contribution is -1.91. The van der Waals surface area contributed by atoms with Gasteiger partial charge in [-0.3, -0.25) is 0 Å². The molecule has 0 bridgehead atoms. The van der Waals surface area contributed by atoms with Gasteiger partial charge in [0.25, 0.3) is 0 Å². The van der Waals surface area contributed by atoms with Crippen LogP contribution in [0.25, 0.3) is 0 Å².